The Balaban J connectivity index is 2.48. The molecule has 1 saturated heterocycles. The van der Waals surface area contributed by atoms with Crippen molar-refractivity contribution in [2.45, 2.75) is 12.8 Å². The molecule has 1 heterocycles. The summed E-state index contributed by atoms with van der Waals surface area (Å²) >= 11 is 0. The maximum atomic E-state index is 11.0. The van der Waals surface area contributed by atoms with E-state index in [1.807, 2.05) is 0 Å². The van der Waals surface area contributed by atoms with Crippen molar-refractivity contribution in [2.75, 3.05) is 20.3 Å². The predicted octanol–water partition coefficient (Wildman–Crippen LogP) is -0.649. The Morgan fingerprint density at radius 1 is 1.38 bits per heavy atom. The molecule has 1 aliphatic rings. The van der Waals surface area contributed by atoms with E-state index in [1.165, 1.54) is 7.11 Å². The summed E-state index contributed by atoms with van der Waals surface area (Å²) in [6.45, 7) is -0.206. The van der Waals surface area contributed by atoms with Gasteiger partial charge in [-0.15, -0.1) is 0 Å². The number of likely N-dealkylation sites (tertiary alicyclic amines) is 1. The van der Waals surface area contributed by atoms with Crippen molar-refractivity contribution in [3.05, 3.63) is 0 Å². The van der Waals surface area contributed by atoms with Crippen molar-refractivity contribution in [1.29, 1.82) is 0 Å². The Morgan fingerprint density at radius 3 is 2.38 bits per heavy atom. The molecule has 5 nitrogen and oxygen atoms in total. The Kier molecular flexibility index (Phi) is 3.13. The summed E-state index contributed by atoms with van der Waals surface area (Å²) in [5.41, 5.74) is 0. The van der Waals surface area contributed by atoms with Gasteiger partial charge in [-0.25, -0.2) is 0 Å². The number of Topliss-reactive ketones (excluding diaryl/α,β-unsaturated/α-hetero) is 1. The van der Waals surface area contributed by atoms with E-state index >= 15 is 0 Å². The summed E-state index contributed by atoms with van der Waals surface area (Å²) in [7, 11) is 1.39. The number of hydrogen-bond donors (Lipinski definition) is 0. The van der Waals surface area contributed by atoms with E-state index in [-0.39, 0.29) is 43.6 Å². The first-order chi connectivity index (χ1) is 6.15. The highest BCUT2D eigenvalue weighted by Gasteiger charge is 2.29. The highest BCUT2D eigenvalue weighted by Crippen LogP contribution is 2.10. The highest BCUT2D eigenvalue weighted by atomic mass is 16.5. The first-order valence-corrected chi connectivity index (χ1v) is 3.99. The molecule has 72 valence electrons. The smallest absolute Gasteiger partial charge is 0.230 e. The van der Waals surface area contributed by atoms with Gasteiger partial charge < -0.3 is 4.74 Å². The zero-order valence-electron chi connectivity index (χ0n) is 7.41. The average Bonchev–Trinajstić information content (AvgIpc) is 2.36. The Labute approximate surface area is 75.6 Å². The number of amides is 2. The molecule has 0 radical (unpaired) electrons. The van der Waals surface area contributed by atoms with Gasteiger partial charge in [0.1, 0.15) is 6.61 Å². The zero-order chi connectivity index (χ0) is 9.84. The third-order valence-corrected chi connectivity index (χ3v) is 1.79. The first-order valence-electron chi connectivity index (χ1n) is 3.99. The number of methoxy groups -OCH3 is 1. The van der Waals surface area contributed by atoms with Crippen LogP contribution in [0.3, 0.4) is 0 Å². The molecule has 0 atom stereocenters. The van der Waals surface area contributed by atoms with Crippen LogP contribution in [0.25, 0.3) is 0 Å². The largest absolute Gasteiger partial charge is 0.377 e. The fourth-order valence-electron chi connectivity index (χ4n) is 1.18. The van der Waals surface area contributed by atoms with Crippen LogP contribution in [0, 0.1) is 0 Å². The summed E-state index contributed by atoms with van der Waals surface area (Å²) in [5.74, 6) is -0.796. The van der Waals surface area contributed by atoms with Crippen LogP contribution < -0.4 is 0 Å². The van der Waals surface area contributed by atoms with Gasteiger partial charge in [-0.1, -0.05) is 0 Å². The number of rotatable bonds is 4. The minimum absolute atomic E-state index is 0.0585. The minimum Gasteiger partial charge on any atom is -0.377 e. The van der Waals surface area contributed by atoms with Crippen molar-refractivity contribution in [3.8, 4) is 0 Å². The number of ketones is 1. The molecule has 2 amide bonds. The molecule has 0 saturated carbocycles. The summed E-state index contributed by atoms with van der Waals surface area (Å²) < 4.78 is 4.59. The third-order valence-electron chi connectivity index (χ3n) is 1.79. The van der Waals surface area contributed by atoms with Crippen LogP contribution in [0.1, 0.15) is 12.8 Å². The molecular weight excluding hydrogens is 174 g/mol. The predicted molar refractivity (Wildman–Crippen MR) is 42.8 cm³/mol. The van der Waals surface area contributed by atoms with E-state index in [9.17, 15) is 14.4 Å². The second-order valence-corrected chi connectivity index (χ2v) is 2.85. The molecule has 0 unspecified atom stereocenters. The van der Waals surface area contributed by atoms with Crippen LogP contribution in [0.4, 0.5) is 0 Å². The fraction of sp³-hybridized carbons (Fsp3) is 0.625. The topological polar surface area (TPSA) is 63.7 Å². The normalized spacial score (nSPS) is 16.8. The van der Waals surface area contributed by atoms with Crippen LogP contribution in [-0.4, -0.2) is 42.8 Å². The quantitative estimate of drug-likeness (QED) is 0.546. The van der Waals surface area contributed by atoms with Crippen LogP contribution in [-0.2, 0) is 19.1 Å². The molecule has 13 heavy (non-hydrogen) atoms. The van der Waals surface area contributed by atoms with Gasteiger partial charge in [-0.3, -0.25) is 19.3 Å². The SMILES string of the molecule is COCC(=O)CN1C(=O)CCC1=O. The van der Waals surface area contributed by atoms with Crippen molar-refractivity contribution in [1.82, 2.24) is 4.90 Å². The second-order valence-electron chi connectivity index (χ2n) is 2.85. The molecule has 0 spiro atoms. The molecule has 0 aromatic rings. The monoisotopic (exact) mass is 185 g/mol. The van der Waals surface area contributed by atoms with Gasteiger partial charge in [0.15, 0.2) is 5.78 Å². The molecule has 0 aromatic heterocycles. The molecule has 0 bridgehead atoms. The fourth-order valence-corrected chi connectivity index (χ4v) is 1.18. The molecule has 0 aliphatic carbocycles. The lowest BCUT2D eigenvalue weighted by molar-refractivity contribution is -0.142. The van der Waals surface area contributed by atoms with E-state index in [1.54, 1.807) is 0 Å². The van der Waals surface area contributed by atoms with E-state index in [4.69, 9.17) is 0 Å². The van der Waals surface area contributed by atoms with Gasteiger partial charge in [-0.2, -0.15) is 0 Å². The zero-order valence-corrected chi connectivity index (χ0v) is 7.41. The number of ether oxygens (including phenoxy) is 1. The molecule has 0 N–H and O–H groups in total. The lowest BCUT2D eigenvalue weighted by Gasteiger charge is -2.11. The van der Waals surface area contributed by atoms with Crippen molar-refractivity contribution in [3.63, 3.8) is 0 Å². The maximum absolute atomic E-state index is 11.0. The van der Waals surface area contributed by atoms with Crippen LogP contribution in [0.5, 0.6) is 0 Å². The molecule has 1 fully saturated rings. The van der Waals surface area contributed by atoms with E-state index in [0.717, 1.165) is 4.90 Å². The average molecular weight is 185 g/mol. The number of nitrogens with zero attached hydrogens (tertiary/aromatic N) is 1. The van der Waals surface area contributed by atoms with Gasteiger partial charge in [-0.05, 0) is 0 Å². The van der Waals surface area contributed by atoms with Gasteiger partial charge >= 0.3 is 0 Å². The van der Waals surface area contributed by atoms with E-state index in [0.29, 0.717) is 0 Å². The van der Waals surface area contributed by atoms with E-state index in [2.05, 4.69) is 4.74 Å². The number of imide groups is 1. The summed E-state index contributed by atoms with van der Waals surface area (Å²) in [5, 5.41) is 0. The highest BCUT2D eigenvalue weighted by molar-refractivity contribution is 6.04. The van der Waals surface area contributed by atoms with Gasteiger partial charge in [0.05, 0.1) is 6.54 Å². The van der Waals surface area contributed by atoms with Gasteiger partial charge in [0.25, 0.3) is 0 Å². The maximum Gasteiger partial charge on any atom is 0.230 e. The van der Waals surface area contributed by atoms with Crippen LogP contribution in [0.15, 0.2) is 0 Å². The first kappa shape index (κ1) is 9.85. The second kappa shape index (κ2) is 4.13. The van der Waals surface area contributed by atoms with Gasteiger partial charge in [0, 0.05) is 20.0 Å². The van der Waals surface area contributed by atoms with Crippen molar-refractivity contribution >= 4 is 17.6 Å². The molecule has 0 aromatic carbocycles. The van der Waals surface area contributed by atoms with Crippen molar-refractivity contribution < 1.29 is 19.1 Å². The minimum atomic E-state index is -0.269. The van der Waals surface area contributed by atoms with Crippen molar-refractivity contribution in [2.24, 2.45) is 0 Å². The van der Waals surface area contributed by atoms with E-state index < -0.39 is 0 Å². The summed E-state index contributed by atoms with van der Waals surface area (Å²) in [4.78, 5) is 34.1. The Bertz CT molecular complexity index is 233. The Hall–Kier alpha value is -1.23. The molecule has 1 rings (SSSR count). The lowest BCUT2D eigenvalue weighted by Crippen LogP contribution is -2.35. The van der Waals surface area contributed by atoms with Crippen LogP contribution in [0.2, 0.25) is 0 Å². The molecule has 1 aliphatic heterocycles. The van der Waals surface area contributed by atoms with Gasteiger partial charge in [0.2, 0.25) is 11.8 Å². The Morgan fingerprint density at radius 2 is 1.92 bits per heavy atom. The molecular formula is C8H11NO4. The van der Waals surface area contributed by atoms with Crippen LogP contribution >= 0.6 is 0 Å². The number of carbonyl (C=O) groups is 3. The standard InChI is InChI=1S/C8H11NO4/c1-13-5-6(10)4-9-7(11)2-3-8(9)12/h2-5H2,1H3. The third kappa shape index (κ3) is 2.35. The summed E-state index contributed by atoms with van der Waals surface area (Å²) in [6, 6.07) is 0. The summed E-state index contributed by atoms with van der Waals surface area (Å²) in [6.07, 6.45) is 0.443. The number of carbonyl (C=O) groups excluding carboxylic acids is 3. The number of hydrogen-bond acceptors (Lipinski definition) is 4. The lowest BCUT2D eigenvalue weighted by atomic mass is 10.4. The molecule has 5 heteroatoms.